The SMILES string of the molecule is CCc1c2[nH]c3ccccc3c2c(OC)c[n+]1C. The fourth-order valence-corrected chi connectivity index (χ4v) is 2.69. The Morgan fingerprint density at radius 3 is 2.78 bits per heavy atom. The Hall–Kier alpha value is -2.03. The van der Waals surface area contributed by atoms with Crippen LogP contribution in [0.4, 0.5) is 0 Å². The van der Waals surface area contributed by atoms with E-state index in [0.717, 1.165) is 17.7 Å². The van der Waals surface area contributed by atoms with E-state index < -0.39 is 0 Å². The summed E-state index contributed by atoms with van der Waals surface area (Å²) in [4.78, 5) is 3.51. The third-order valence-corrected chi connectivity index (χ3v) is 3.53. The molecule has 0 amide bonds. The van der Waals surface area contributed by atoms with Gasteiger partial charge in [0.1, 0.15) is 12.6 Å². The van der Waals surface area contributed by atoms with Gasteiger partial charge in [-0.15, -0.1) is 0 Å². The number of benzene rings is 1. The van der Waals surface area contributed by atoms with E-state index in [0.29, 0.717) is 0 Å². The van der Waals surface area contributed by atoms with Crippen LogP contribution in [0.3, 0.4) is 0 Å². The molecular weight excluding hydrogens is 224 g/mol. The van der Waals surface area contributed by atoms with Crippen LogP contribution in [0.5, 0.6) is 5.75 Å². The second-order valence-corrected chi connectivity index (χ2v) is 4.53. The minimum Gasteiger partial charge on any atom is -0.490 e. The molecule has 0 fully saturated rings. The number of nitrogens with zero attached hydrogens (tertiary/aromatic N) is 1. The Morgan fingerprint density at radius 1 is 1.28 bits per heavy atom. The number of hydrogen-bond donors (Lipinski definition) is 1. The van der Waals surface area contributed by atoms with Crippen molar-refractivity contribution in [3.05, 3.63) is 36.2 Å². The Balaban J connectivity index is 2.56. The van der Waals surface area contributed by atoms with Crippen molar-refractivity contribution in [1.29, 1.82) is 0 Å². The zero-order valence-electron chi connectivity index (χ0n) is 10.9. The van der Waals surface area contributed by atoms with Gasteiger partial charge in [0, 0.05) is 17.3 Å². The van der Waals surface area contributed by atoms with E-state index >= 15 is 0 Å². The van der Waals surface area contributed by atoms with Gasteiger partial charge in [0.05, 0.1) is 12.5 Å². The van der Waals surface area contributed by atoms with Crippen molar-refractivity contribution in [2.24, 2.45) is 7.05 Å². The minimum absolute atomic E-state index is 0.919. The summed E-state index contributed by atoms with van der Waals surface area (Å²) >= 11 is 0. The van der Waals surface area contributed by atoms with Gasteiger partial charge in [-0.1, -0.05) is 25.1 Å². The average molecular weight is 241 g/mol. The number of aromatic nitrogens is 2. The van der Waals surface area contributed by atoms with Gasteiger partial charge in [0.2, 0.25) is 11.9 Å². The monoisotopic (exact) mass is 241 g/mol. The largest absolute Gasteiger partial charge is 0.490 e. The number of hydrogen-bond acceptors (Lipinski definition) is 1. The molecule has 92 valence electrons. The molecule has 0 bridgehead atoms. The molecule has 1 N–H and O–H groups in total. The molecule has 0 spiro atoms. The Morgan fingerprint density at radius 2 is 2.06 bits per heavy atom. The Bertz CT molecular complexity index is 728. The number of aryl methyl sites for hydroxylation is 2. The summed E-state index contributed by atoms with van der Waals surface area (Å²) in [5.74, 6) is 0.919. The molecule has 0 saturated carbocycles. The lowest BCUT2D eigenvalue weighted by Gasteiger charge is -2.04. The van der Waals surface area contributed by atoms with Crippen molar-refractivity contribution in [3.63, 3.8) is 0 Å². The van der Waals surface area contributed by atoms with Crippen LogP contribution in [-0.4, -0.2) is 12.1 Å². The molecule has 1 aromatic carbocycles. The summed E-state index contributed by atoms with van der Waals surface area (Å²) in [6.07, 6.45) is 3.05. The summed E-state index contributed by atoms with van der Waals surface area (Å²) in [5, 5.41) is 2.41. The molecule has 0 aliphatic rings. The van der Waals surface area contributed by atoms with Gasteiger partial charge >= 0.3 is 0 Å². The Labute approximate surface area is 106 Å². The smallest absolute Gasteiger partial charge is 0.211 e. The standard InChI is InChI=1S/C15H16N2O/c1-4-12-15-14(13(18-3)9-17(12)2)10-7-5-6-8-11(10)16-15/h5-9H,4H2,1-3H3/p+1. The van der Waals surface area contributed by atoms with E-state index in [2.05, 4.69) is 54.0 Å². The molecule has 2 aromatic heterocycles. The van der Waals surface area contributed by atoms with Crippen LogP contribution in [0.25, 0.3) is 21.8 Å². The zero-order valence-corrected chi connectivity index (χ0v) is 10.9. The lowest BCUT2D eigenvalue weighted by molar-refractivity contribution is -0.677. The van der Waals surface area contributed by atoms with Crippen LogP contribution in [0.2, 0.25) is 0 Å². The molecule has 2 heterocycles. The molecule has 3 nitrogen and oxygen atoms in total. The molecule has 0 atom stereocenters. The van der Waals surface area contributed by atoms with Gasteiger partial charge in [-0.25, -0.2) is 4.57 Å². The van der Waals surface area contributed by atoms with Crippen LogP contribution in [0.15, 0.2) is 30.5 Å². The number of pyridine rings is 1. The Kier molecular flexibility index (Phi) is 2.47. The van der Waals surface area contributed by atoms with Gasteiger partial charge in [0.25, 0.3) is 0 Å². The second-order valence-electron chi connectivity index (χ2n) is 4.53. The quantitative estimate of drug-likeness (QED) is 0.687. The first-order valence-corrected chi connectivity index (χ1v) is 6.22. The van der Waals surface area contributed by atoms with Crippen molar-refractivity contribution >= 4 is 21.8 Å². The molecule has 3 heteroatoms. The van der Waals surface area contributed by atoms with Crippen LogP contribution < -0.4 is 9.30 Å². The summed E-state index contributed by atoms with van der Waals surface area (Å²) in [5.41, 5.74) is 3.63. The predicted molar refractivity (Wildman–Crippen MR) is 72.9 cm³/mol. The van der Waals surface area contributed by atoms with Crippen LogP contribution >= 0.6 is 0 Å². The fraction of sp³-hybridized carbons (Fsp3) is 0.267. The summed E-state index contributed by atoms with van der Waals surface area (Å²) in [7, 11) is 3.79. The van der Waals surface area contributed by atoms with Crippen molar-refractivity contribution in [2.75, 3.05) is 7.11 Å². The fourth-order valence-electron chi connectivity index (χ4n) is 2.69. The first-order valence-electron chi connectivity index (χ1n) is 6.22. The maximum atomic E-state index is 5.53. The second kappa shape index (κ2) is 4.02. The predicted octanol–water partition coefficient (Wildman–Crippen LogP) is 2.72. The highest BCUT2D eigenvalue weighted by molar-refractivity contribution is 6.10. The maximum Gasteiger partial charge on any atom is 0.211 e. The van der Waals surface area contributed by atoms with Gasteiger partial charge in [0.15, 0.2) is 5.75 Å². The van der Waals surface area contributed by atoms with E-state index in [1.165, 1.54) is 22.0 Å². The minimum atomic E-state index is 0.919. The van der Waals surface area contributed by atoms with Crippen molar-refractivity contribution in [1.82, 2.24) is 4.98 Å². The molecular formula is C15H17N2O+. The highest BCUT2D eigenvalue weighted by atomic mass is 16.5. The molecule has 0 unspecified atom stereocenters. The number of methoxy groups -OCH3 is 1. The summed E-state index contributed by atoms with van der Waals surface area (Å²) in [6, 6.07) is 8.35. The highest BCUT2D eigenvalue weighted by Gasteiger charge is 2.19. The molecule has 3 rings (SSSR count). The summed E-state index contributed by atoms with van der Waals surface area (Å²) in [6.45, 7) is 2.17. The topological polar surface area (TPSA) is 28.9 Å². The molecule has 18 heavy (non-hydrogen) atoms. The first kappa shape index (κ1) is 11.1. The normalized spacial score (nSPS) is 11.3. The van der Waals surface area contributed by atoms with Crippen LogP contribution in [0, 0.1) is 0 Å². The van der Waals surface area contributed by atoms with E-state index in [4.69, 9.17) is 4.74 Å². The molecule has 0 aliphatic heterocycles. The zero-order chi connectivity index (χ0) is 12.7. The van der Waals surface area contributed by atoms with Gasteiger partial charge in [-0.3, -0.25) is 0 Å². The van der Waals surface area contributed by atoms with E-state index in [9.17, 15) is 0 Å². The lowest BCUT2D eigenvalue weighted by Crippen LogP contribution is -2.33. The van der Waals surface area contributed by atoms with E-state index in [-0.39, 0.29) is 0 Å². The number of fused-ring (bicyclic) bond motifs is 3. The van der Waals surface area contributed by atoms with Gasteiger partial charge in [-0.2, -0.15) is 0 Å². The van der Waals surface area contributed by atoms with Gasteiger partial charge < -0.3 is 9.72 Å². The number of rotatable bonds is 2. The average Bonchev–Trinajstić information content (AvgIpc) is 2.77. The van der Waals surface area contributed by atoms with Gasteiger partial charge in [-0.05, 0) is 6.07 Å². The van der Waals surface area contributed by atoms with E-state index in [1.807, 2.05) is 0 Å². The van der Waals surface area contributed by atoms with Crippen molar-refractivity contribution in [2.45, 2.75) is 13.3 Å². The van der Waals surface area contributed by atoms with E-state index in [1.54, 1.807) is 7.11 Å². The maximum absolute atomic E-state index is 5.53. The number of aromatic amines is 1. The number of H-pyrrole nitrogens is 1. The third kappa shape index (κ3) is 1.40. The van der Waals surface area contributed by atoms with Crippen molar-refractivity contribution in [3.8, 4) is 5.75 Å². The molecule has 0 aliphatic carbocycles. The molecule has 3 aromatic rings. The number of ether oxygens (including phenoxy) is 1. The third-order valence-electron chi connectivity index (χ3n) is 3.53. The lowest BCUT2D eigenvalue weighted by atomic mass is 10.1. The molecule has 0 radical (unpaired) electrons. The number of nitrogens with one attached hydrogen (secondary N) is 1. The number of para-hydroxylation sites is 1. The molecule has 0 saturated heterocycles. The first-order chi connectivity index (χ1) is 8.76. The summed E-state index contributed by atoms with van der Waals surface area (Å²) < 4.78 is 7.67. The highest BCUT2D eigenvalue weighted by Crippen LogP contribution is 2.33. The van der Waals surface area contributed by atoms with Crippen LogP contribution in [0.1, 0.15) is 12.6 Å². The van der Waals surface area contributed by atoms with Crippen molar-refractivity contribution < 1.29 is 9.30 Å². The van der Waals surface area contributed by atoms with Crippen LogP contribution in [-0.2, 0) is 13.5 Å².